The molecular formula is C6H4Cl3NO2S. The average molecular weight is 261 g/mol. The second-order valence-electron chi connectivity index (χ2n) is 2.30. The van der Waals surface area contributed by atoms with Crippen molar-refractivity contribution in [2.45, 2.75) is 11.8 Å². The normalized spacial score (nSPS) is 11.7. The highest BCUT2D eigenvalue weighted by atomic mass is 35.7. The van der Waals surface area contributed by atoms with E-state index in [0.717, 1.165) is 0 Å². The summed E-state index contributed by atoms with van der Waals surface area (Å²) in [7, 11) is 1.15. The minimum absolute atomic E-state index is 0.0208. The van der Waals surface area contributed by atoms with E-state index in [1.807, 2.05) is 0 Å². The number of rotatable bonds is 1. The van der Waals surface area contributed by atoms with Crippen LogP contribution in [-0.4, -0.2) is 13.4 Å². The molecule has 0 saturated heterocycles. The number of aryl methyl sites for hydroxylation is 1. The molecule has 1 aromatic heterocycles. The number of hydrogen-bond acceptors (Lipinski definition) is 3. The van der Waals surface area contributed by atoms with Gasteiger partial charge in [-0.1, -0.05) is 23.2 Å². The van der Waals surface area contributed by atoms with Gasteiger partial charge in [0.15, 0.2) is 5.15 Å². The minimum atomic E-state index is -3.94. The second kappa shape index (κ2) is 3.61. The zero-order valence-electron chi connectivity index (χ0n) is 6.38. The fourth-order valence-electron chi connectivity index (χ4n) is 0.802. The third kappa shape index (κ3) is 2.47. The Bertz CT molecular complexity index is 420. The lowest BCUT2D eigenvalue weighted by Gasteiger charge is -2.02. The summed E-state index contributed by atoms with van der Waals surface area (Å²) in [5.74, 6) is 0. The topological polar surface area (TPSA) is 47.0 Å². The average Bonchev–Trinajstić information content (AvgIpc) is 1.78. The summed E-state index contributed by atoms with van der Waals surface area (Å²) in [5.41, 5.74) is 0.527. The Morgan fingerprint density at radius 1 is 1.38 bits per heavy atom. The van der Waals surface area contributed by atoms with Crippen LogP contribution in [0.15, 0.2) is 11.0 Å². The first-order valence-electron chi connectivity index (χ1n) is 3.09. The van der Waals surface area contributed by atoms with E-state index in [-0.39, 0.29) is 15.1 Å². The number of hydrogen-bond donors (Lipinski definition) is 0. The van der Waals surface area contributed by atoms with Gasteiger partial charge in [0, 0.05) is 16.4 Å². The summed E-state index contributed by atoms with van der Waals surface area (Å²) in [4.78, 5) is 3.37. The number of nitrogens with zero attached hydrogens (tertiary/aromatic N) is 1. The zero-order valence-corrected chi connectivity index (χ0v) is 9.47. The Labute approximate surface area is 90.1 Å². The second-order valence-corrected chi connectivity index (χ2v) is 5.57. The van der Waals surface area contributed by atoms with Crippen LogP contribution >= 0.6 is 33.9 Å². The van der Waals surface area contributed by atoms with Gasteiger partial charge in [0.2, 0.25) is 0 Å². The van der Waals surface area contributed by atoms with Gasteiger partial charge >= 0.3 is 0 Å². The molecule has 0 aliphatic rings. The molecule has 0 bridgehead atoms. The van der Waals surface area contributed by atoms with Crippen LogP contribution in [0.4, 0.5) is 0 Å². The van der Waals surface area contributed by atoms with Crippen LogP contribution < -0.4 is 0 Å². The van der Waals surface area contributed by atoms with Crippen LogP contribution in [0.5, 0.6) is 0 Å². The summed E-state index contributed by atoms with van der Waals surface area (Å²) in [6, 6.07) is 1.38. The Morgan fingerprint density at radius 2 is 1.92 bits per heavy atom. The molecule has 0 aromatic carbocycles. The highest BCUT2D eigenvalue weighted by Crippen LogP contribution is 2.30. The molecule has 13 heavy (non-hydrogen) atoms. The first-order chi connectivity index (χ1) is 5.82. The van der Waals surface area contributed by atoms with Gasteiger partial charge in [-0.05, 0) is 13.0 Å². The van der Waals surface area contributed by atoms with E-state index in [1.54, 1.807) is 6.92 Å². The highest BCUT2D eigenvalue weighted by molar-refractivity contribution is 8.14. The van der Waals surface area contributed by atoms with E-state index in [2.05, 4.69) is 4.98 Å². The molecule has 0 saturated carbocycles. The van der Waals surface area contributed by atoms with Crippen molar-refractivity contribution >= 4 is 42.9 Å². The molecular weight excluding hydrogens is 256 g/mol. The molecule has 1 heterocycles. The lowest BCUT2D eigenvalue weighted by atomic mass is 10.4. The van der Waals surface area contributed by atoms with Crippen LogP contribution in [-0.2, 0) is 9.05 Å². The van der Waals surface area contributed by atoms with Crippen molar-refractivity contribution in [3.05, 3.63) is 21.9 Å². The van der Waals surface area contributed by atoms with Crippen molar-refractivity contribution in [3.8, 4) is 0 Å². The summed E-state index contributed by atoms with van der Waals surface area (Å²) in [6.07, 6.45) is 0. The van der Waals surface area contributed by atoms with Gasteiger partial charge in [0.1, 0.15) is 4.90 Å². The van der Waals surface area contributed by atoms with Gasteiger partial charge in [-0.15, -0.1) is 0 Å². The molecule has 0 radical (unpaired) electrons. The van der Waals surface area contributed by atoms with E-state index in [9.17, 15) is 8.42 Å². The number of halogens is 3. The van der Waals surface area contributed by atoms with Gasteiger partial charge in [-0.3, -0.25) is 0 Å². The van der Waals surface area contributed by atoms with Gasteiger partial charge in [0.25, 0.3) is 9.05 Å². The first kappa shape index (κ1) is 11.0. The van der Waals surface area contributed by atoms with Gasteiger partial charge in [-0.25, -0.2) is 13.4 Å². The molecule has 1 rings (SSSR count). The number of pyridine rings is 1. The Kier molecular flexibility index (Phi) is 3.07. The van der Waals surface area contributed by atoms with E-state index < -0.39 is 9.05 Å². The van der Waals surface area contributed by atoms with Crippen molar-refractivity contribution < 1.29 is 8.42 Å². The third-order valence-corrected chi connectivity index (χ3v) is 3.42. The zero-order chi connectivity index (χ0) is 10.2. The maximum Gasteiger partial charge on any atom is 0.265 e. The Hall–Kier alpha value is -0.0300. The van der Waals surface area contributed by atoms with E-state index >= 15 is 0 Å². The summed E-state index contributed by atoms with van der Waals surface area (Å²) in [6.45, 7) is 1.64. The quantitative estimate of drug-likeness (QED) is 0.576. The van der Waals surface area contributed by atoms with Crippen molar-refractivity contribution in [2.24, 2.45) is 0 Å². The third-order valence-electron chi connectivity index (χ3n) is 1.26. The van der Waals surface area contributed by atoms with E-state index in [4.69, 9.17) is 33.9 Å². The van der Waals surface area contributed by atoms with Crippen molar-refractivity contribution in [1.29, 1.82) is 0 Å². The molecule has 7 heteroatoms. The highest BCUT2D eigenvalue weighted by Gasteiger charge is 2.20. The lowest BCUT2D eigenvalue weighted by molar-refractivity contribution is 0.609. The largest absolute Gasteiger partial charge is 0.265 e. The van der Waals surface area contributed by atoms with E-state index in [1.165, 1.54) is 6.07 Å². The van der Waals surface area contributed by atoms with Crippen LogP contribution in [0.3, 0.4) is 0 Å². The van der Waals surface area contributed by atoms with Crippen LogP contribution in [0.2, 0.25) is 10.2 Å². The van der Waals surface area contributed by atoms with Crippen molar-refractivity contribution in [3.63, 3.8) is 0 Å². The van der Waals surface area contributed by atoms with Crippen LogP contribution in [0, 0.1) is 6.92 Å². The molecule has 72 valence electrons. The van der Waals surface area contributed by atoms with Gasteiger partial charge in [-0.2, -0.15) is 0 Å². The summed E-state index contributed by atoms with van der Waals surface area (Å²) >= 11 is 11.2. The van der Waals surface area contributed by atoms with E-state index in [0.29, 0.717) is 5.69 Å². The van der Waals surface area contributed by atoms with Gasteiger partial charge < -0.3 is 0 Å². The predicted octanol–water partition coefficient (Wildman–Crippen LogP) is 2.62. The maximum absolute atomic E-state index is 10.9. The molecule has 1 aromatic rings. The molecule has 3 nitrogen and oxygen atoms in total. The van der Waals surface area contributed by atoms with Crippen molar-refractivity contribution in [2.75, 3.05) is 0 Å². The van der Waals surface area contributed by atoms with Crippen LogP contribution in [0.1, 0.15) is 5.69 Å². The molecule has 0 aliphatic carbocycles. The monoisotopic (exact) mass is 259 g/mol. The first-order valence-corrected chi connectivity index (χ1v) is 6.16. The minimum Gasteiger partial charge on any atom is -0.240 e. The maximum atomic E-state index is 10.9. The predicted molar refractivity (Wildman–Crippen MR) is 52.0 cm³/mol. The Morgan fingerprint density at radius 3 is 2.31 bits per heavy atom. The molecule has 0 N–H and O–H groups in total. The fraction of sp³-hybridized carbons (Fsp3) is 0.167. The number of aromatic nitrogens is 1. The molecule has 0 spiro atoms. The lowest BCUT2D eigenvalue weighted by Crippen LogP contribution is -1.96. The molecule has 0 aliphatic heterocycles. The summed E-state index contributed by atoms with van der Waals surface area (Å²) < 4.78 is 21.9. The standard InChI is InChI=1S/C6H4Cl3NO2S/c1-3-2-4(7)5(6(8)10-3)13(9,11)12/h2H,1H3. The SMILES string of the molecule is Cc1cc(Cl)c(S(=O)(=O)Cl)c(Cl)n1. The molecule has 0 unspecified atom stereocenters. The van der Waals surface area contributed by atoms with Crippen molar-refractivity contribution in [1.82, 2.24) is 4.98 Å². The fourth-order valence-corrected chi connectivity index (χ4v) is 3.19. The van der Waals surface area contributed by atoms with Gasteiger partial charge in [0.05, 0.1) is 5.02 Å². The van der Waals surface area contributed by atoms with Crippen LogP contribution in [0.25, 0.3) is 0 Å². The molecule has 0 fully saturated rings. The Balaban J connectivity index is 3.57. The molecule has 0 amide bonds. The molecule has 0 atom stereocenters. The summed E-state index contributed by atoms with van der Waals surface area (Å²) in [5, 5.41) is -0.229. The smallest absolute Gasteiger partial charge is 0.240 e.